The number of hydrogen-bond donors (Lipinski definition) is 2. The van der Waals surface area contributed by atoms with Gasteiger partial charge in [-0.05, 0) is 53.7 Å². The molecule has 0 bridgehead atoms. The molecular weight excluding hydrogens is 440 g/mol. The van der Waals surface area contributed by atoms with Crippen LogP contribution in [0.5, 0.6) is 0 Å². The van der Waals surface area contributed by atoms with E-state index in [1.165, 1.54) is 26.0 Å². The minimum absolute atomic E-state index is 0.0369. The van der Waals surface area contributed by atoms with E-state index in [2.05, 4.69) is 13.2 Å². The van der Waals surface area contributed by atoms with Crippen LogP contribution in [0.3, 0.4) is 0 Å². The number of carbonyl (C=O) groups excluding carboxylic acids is 2. The van der Waals surface area contributed by atoms with Crippen LogP contribution >= 0.6 is 0 Å². The Hall–Kier alpha value is -2.52. The minimum atomic E-state index is -1.02. The second kappa shape index (κ2) is 14.0. The van der Waals surface area contributed by atoms with Crippen LogP contribution < -0.4 is 0 Å². The van der Waals surface area contributed by atoms with Crippen molar-refractivity contribution in [3.8, 4) is 0 Å². The van der Waals surface area contributed by atoms with Crippen LogP contribution in [-0.4, -0.2) is 72.0 Å². The lowest BCUT2D eigenvalue weighted by molar-refractivity contribution is -0.0845. The number of esters is 2. The smallest absolute Gasteiger partial charge is 0.339 e. The molecule has 2 N–H and O–H groups in total. The molecule has 0 saturated heterocycles. The highest BCUT2D eigenvalue weighted by atomic mass is 16.6. The van der Waals surface area contributed by atoms with Crippen LogP contribution in [0, 0.1) is 0 Å². The summed E-state index contributed by atoms with van der Waals surface area (Å²) in [6.07, 6.45) is -5.23. The van der Waals surface area contributed by atoms with E-state index in [4.69, 9.17) is 18.9 Å². The molecule has 6 atom stereocenters. The van der Waals surface area contributed by atoms with Crippen molar-refractivity contribution < 1.29 is 38.7 Å². The van der Waals surface area contributed by atoms with Gasteiger partial charge < -0.3 is 29.2 Å². The average Bonchev–Trinajstić information content (AvgIpc) is 2.76. The Balaban J connectivity index is 3.05. The summed E-state index contributed by atoms with van der Waals surface area (Å²) in [7, 11) is 0. The predicted molar refractivity (Wildman–Crippen MR) is 129 cm³/mol. The van der Waals surface area contributed by atoms with Crippen molar-refractivity contribution >= 4 is 11.9 Å². The van der Waals surface area contributed by atoms with Crippen molar-refractivity contribution in [2.75, 3.05) is 13.2 Å². The van der Waals surface area contributed by atoms with Crippen molar-refractivity contribution in [1.82, 2.24) is 0 Å². The van der Waals surface area contributed by atoms with Gasteiger partial charge in [-0.25, -0.2) is 9.59 Å². The van der Waals surface area contributed by atoms with Gasteiger partial charge in [0.1, 0.15) is 0 Å². The molecule has 0 amide bonds. The van der Waals surface area contributed by atoms with Gasteiger partial charge >= 0.3 is 11.9 Å². The van der Waals surface area contributed by atoms with Crippen LogP contribution in [-0.2, 0) is 18.9 Å². The topological polar surface area (TPSA) is 112 Å². The van der Waals surface area contributed by atoms with Gasteiger partial charge in [0.2, 0.25) is 0 Å². The highest BCUT2D eigenvalue weighted by molar-refractivity contribution is 6.03. The van der Waals surface area contributed by atoms with Gasteiger partial charge in [0, 0.05) is 0 Å². The fraction of sp³-hybridized carbons (Fsp3) is 0.538. The third-order valence-electron chi connectivity index (χ3n) is 4.91. The number of rotatable bonds is 14. The molecule has 0 radical (unpaired) electrons. The Labute approximate surface area is 202 Å². The van der Waals surface area contributed by atoms with E-state index < -0.39 is 48.6 Å². The van der Waals surface area contributed by atoms with Gasteiger partial charge in [0.05, 0.1) is 48.8 Å². The van der Waals surface area contributed by atoms with Crippen LogP contribution in [0.4, 0.5) is 0 Å². The Bertz CT molecular complexity index is 776. The predicted octanol–water partition coefficient (Wildman–Crippen LogP) is 3.46. The molecule has 6 unspecified atom stereocenters. The third-order valence-corrected chi connectivity index (χ3v) is 4.91. The lowest BCUT2D eigenvalue weighted by Gasteiger charge is -2.28. The van der Waals surface area contributed by atoms with E-state index in [0.717, 1.165) is 11.1 Å². The number of benzene rings is 1. The van der Waals surface area contributed by atoms with Crippen molar-refractivity contribution in [3.63, 3.8) is 0 Å². The molecule has 0 aromatic heterocycles. The number of aliphatic hydroxyl groups is 2. The molecule has 190 valence electrons. The van der Waals surface area contributed by atoms with E-state index >= 15 is 0 Å². The Morgan fingerprint density at radius 1 is 0.765 bits per heavy atom. The van der Waals surface area contributed by atoms with Crippen LogP contribution in [0.15, 0.2) is 48.6 Å². The summed E-state index contributed by atoms with van der Waals surface area (Å²) in [5.41, 5.74) is 1.49. The van der Waals surface area contributed by atoms with E-state index in [0.29, 0.717) is 0 Å². The first-order valence-electron chi connectivity index (χ1n) is 11.2. The molecule has 0 saturated carbocycles. The second-order valence-corrected chi connectivity index (χ2v) is 8.71. The molecule has 0 heterocycles. The molecule has 0 aliphatic heterocycles. The summed E-state index contributed by atoms with van der Waals surface area (Å²) in [6.45, 7) is 17.9. The molecule has 1 aromatic rings. The summed E-state index contributed by atoms with van der Waals surface area (Å²) >= 11 is 0. The number of carbonyl (C=O) groups is 2. The SMILES string of the molecule is C=C(C)COC(C)C(OC(=O)c1ccccc1C(=O)OC(C(C)O)C(C)OCC(=C)C)C(C)O. The molecule has 0 spiro atoms. The zero-order valence-electron chi connectivity index (χ0n) is 20.9. The largest absolute Gasteiger partial charge is 0.453 e. The molecule has 0 aliphatic carbocycles. The van der Waals surface area contributed by atoms with Gasteiger partial charge in [-0.3, -0.25) is 0 Å². The van der Waals surface area contributed by atoms with Crippen LogP contribution in [0.25, 0.3) is 0 Å². The zero-order chi connectivity index (χ0) is 26.0. The Kier molecular flexibility index (Phi) is 12.2. The summed E-state index contributed by atoms with van der Waals surface area (Å²) in [5, 5.41) is 20.3. The lowest BCUT2D eigenvalue weighted by atomic mass is 10.1. The Morgan fingerprint density at radius 2 is 1.09 bits per heavy atom. The molecule has 1 aromatic carbocycles. The number of ether oxygens (including phenoxy) is 4. The summed E-state index contributed by atoms with van der Waals surface area (Å²) < 4.78 is 22.2. The first kappa shape index (κ1) is 29.5. The highest BCUT2D eigenvalue weighted by Gasteiger charge is 2.32. The summed E-state index contributed by atoms with van der Waals surface area (Å²) in [5.74, 6) is -1.63. The maximum atomic E-state index is 13.0. The highest BCUT2D eigenvalue weighted by Crippen LogP contribution is 2.19. The van der Waals surface area contributed by atoms with E-state index in [-0.39, 0.29) is 24.3 Å². The maximum Gasteiger partial charge on any atom is 0.339 e. The van der Waals surface area contributed by atoms with Gasteiger partial charge in [0.25, 0.3) is 0 Å². The molecule has 0 fully saturated rings. The lowest BCUT2D eigenvalue weighted by Crippen LogP contribution is -2.41. The first-order valence-corrected chi connectivity index (χ1v) is 11.2. The molecule has 1 rings (SSSR count). The maximum absolute atomic E-state index is 13.0. The molecule has 8 heteroatoms. The van der Waals surface area contributed by atoms with Crippen LogP contribution in [0.2, 0.25) is 0 Å². The molecule has 34 heavy (non-hydrogen) atoms. The van der Waals surface area contributed by atoms with E-state index in [9.17, 15) is 19.8 Å². The van der Waals surface area contributed by atoms with Gasteiger partial charge in [-0.15, -0.1) is 0 Å². The minimum Gasteiger partial charge on any atom is -0.453 e. The zero-order valence-corrected chi connectivity index (χ0v) is 20.9. The first-order chi connectivity index (χ1) is 15.8. The quantitative estimate of drug-likeness (QED) is 0.309. The number of aliphatic hydroxyl groups excluding tert-OH is 2. The fourth-order valence-corrected chi connectivity index (χ4v) is 3.12. The Morgan fingerprint density at radius 3 is 1.35 bits per heavy atom. The van der Waals surface area contributed by atoms with Gasteiger partial charge in [0.15, 0.2) is 12.2 Å². The number of hydrogen-bond acceptors (Lipinski definition) is 8. The van der Waals surface area contributed by atoms with Gasteiger partial charge in [-0.2, -0.15) is 0 Å². The van der Waals surface area contributed by atoms with E-state index in [1.807, 2.05) is 0 Å². The normalized spacial score (nSPS) is 16.5. The van der Waals surface area contributed by atoms with Crippen molar-refractivity contribution in [1.29, 1.82) is 0 Å². The van der Waals surface area contributed by atoms with E-state index in [1.54, 1.807) is 39.8 Å². The van der Waals surface area contributed by atoms with Crippen molar-refractivity contribution in [2.24, 2.45) is 0 Å². The van der Waals surface area contributed by atoms with Gasteiger partial charge in [-0.1, -0.05) is 36.4 Å². The van der Waals surface area contributed by atoms with Crippen molar-refractivity contribution in [2.45, 2.75) is 78.2 Å². The summed E-state index contributed by atoms with van der Waals surface area (Å²) in [6, 6.07) is 6.01. The fourth-order valence-electron chi connectivity index (χ4n) is 3.12. The van der Waals surface area contributed by atoms with Crippen molar-refractivity contribution in [3.05, 3.63) is 59.7 Å². The average molecular weight is 479 g/mol. The summed E-state index contributed by atoms with van der Waals surface area (Å²) in [4.78, 5) is 25.9. The molecule has 0 aliphatic rings. The second-order valence-electron chi connectivity index (χ2n) is 8.71. The van der Waals surface area contributed by atoms with Crippen LogP contribution in [0.1, 0.15) is 62.3 Å². The molecule has 8 nitrogen and oxygen atoms in total. The monoisotopic (exact) mass is 478 g/mol. The third kappa shape index (κ3) is 9.38. The standard InChI is InChI=1S/C26H38O8/c1-15(2)13-31-19(7)23(17(5)27)33-25(29)21-11-9-10-12-22(21)26(30)34-24(18(6)28)20(8)32-14-16(3)4/h9-12,17-20,23-24,27-28H,1,3,13-14H2,2,4-8H3. The molecular formula is C26H38O8.